The minimum absolute atomic E-state index is 0.176. The second-order valence-electron chi connectivity index (χ2n) is 4.45. The Balaban J connectivity index is 2.49. The van der Waals surface area contributed by atoms with Gasteiger partial charge in [-0.25, -0.2) is 0 Å². The fraction of sp³-hybridized carbons (Fsp3) is 0.267. The zero-order valence-electron chi connectivity index (χ0n) is 10.9. The van der Waals surface area contributed by atoms with Crippen molar-refractivity contribution < 1.29 is 0 Å². The highest BCUT2D eigenvalue weighted by molar-refractivity contribution is 9.10. The third-order valence-electron chi connectivity index (χ3n) is 3.31. The first-order valence-electron chi connectivity index (χ1n) is 5.97. The molecule has 94 valence electrons. The van der Waals surface area contributed by atoms with Crippen LogP contribution in [0.2, 0.25) is 0 Å². The summed E-state index contributed by atoms with van der Waals surface area (Å²) in [5.74, 6) is 0. The summed E-state index contributed by atoms with van der Waals surface area (Å²) in [6.45, 7) is 4.31. The van der Waals surface area contributed by atoms with Crippen LogP contribution in [0.5, 0.6) is 0 Å². The first-order chi connectivity index (χ1) is 8.63. The molecule has 0 saturated heterocycles. The predicted octanol–water partition coefficient (Wildman–Crippen LogP) is 3.77. The van der Waals surface area contributed by atoms with Crippen LogP contribution in [0.25, 0.3) is 0 Å². The molecule has 18 heavy (non-hydrogen) atoms. The number of aryl methyl sites for hydroxylation is 1. The van der Waals surface area contributed by atoms with Gasteiger partial charge in [-0.2, -0.15) is 0 Å². The van der Waals surface area contributed by atoms with Gasteiger partial charge in [0.05, 0.1) is 6.04 Å². The van der Waals surface area contributed by atoms with Gasteiger partial charge in [-0.05, 0) is 65.1 Å². The van der Waals surface area contributed by atoms with Gasteiger partial charge in [0.25, 0.3) is 0 Å². The minimum atomic E-state index is 0.176. The molecule has 1 N–H and O–H groups in total. The maximum Gasteiger partial charge on any atom is 0.0592 e. The SMILES string of the molecule is CNC(c1cncc(Br)c1)c1cccc(C)c1C. The van der Waals surface area contributed by atoms with Crippen LogP contribution in [0, 0.1) is 13.8 Å². The number of hydrogen-bond acceptors (Lipinski definition) is 2. The Labute approximate surface area is 117 Å². The zero-order chi connectivity index (χ0) is 13.1. The minimum Gasteiger partial charge on any atom is -0.309 e. The molecule has 0 fully saturated rings. The maximum absolute atomic E-state index is 4.24. The van der Waals surface area contributed by atoms with Crippen LogP contribution in [0.4, 0.5) is 0 Å². The summed E-state index contributed by atoms with van der Waals surface area (Å²) in [5.41, 5.74) is 5.12. The fourth-order valence-corrected chi connectivity index (χ4v) is 2.56. The number of nitrogens with zero attached hydrogens (tertiary/aromatic N) is 1. The highest BCUT2D eigenvalue weighted by atomic mass is 79.9. The van der Waals surface area contributed by atoms with E-state index in [1.807, 2.05) is 13.2 Å². The Morgan fingerprint density at radius 3 is 2.67 bits per heavy atom. The predicted molar refractivity (Wildman–Crippen MR) is 78.8 cm³/mol. The monoisotopic (exact) mass is 304 g/mol. The molecular weight excluding hydrogens is 288 g/mol. The second kappa shape index (κ2) is 5.63. The van der Waals surface area contributed by atoms with Crippen molar-refractivity contribution in [3.05, 3.63) is 63.4 Å². The number of benzene rings is 1. The van der Waals surface area contributed by atoms with E-state index in [0.29, 0.717) is 0 Å². The van der Waals surface area contributed by atoms with Crippen molar-refractivity contribution >= 4 is 15.9 Å². The molecule has 1 aromatic heterocycles. The van der Waals surface area contributed by atoms with Crippen molar-refractivity contribution in [2.75, 3.05) is 7.05 Å². The summed E-state index contributed by atoms with van der Waals surface area (Å²) < 4.78 is 1.01. The number of aromatic nitrogens is 1. The van der Waals surface area contributed by atoms with Crippen molar-refractivity contribution in [1.82, 2.24) is 10.3 Å². The van der Waals surface area contributed by atoms with Crippen LogP contribution in [-0.2, 0) is 0 Å². The van der Waals surface area contributed by atoms with Crippen molar-refractivity contribution in [1.29, 1.82) is 0 Å². The zero-order valence-corrected chi connectivity index (χ0v) is 12.5. The van der Waals surface area contributed by atoms with E-state index < -0.39 is 0 Å². The lowest BCUT2D eigenvalue weighted by atomic mass is 9.94. The second-order valence-corrected chi connectivity index (χ2v) is 5.36. The van der Waals surface area contributed by atoms with Gasteiger partial charge < -0.3 is 5.32 Å². The number of nitrogens with one attached hydrogen (secondary N) is 1. The molecule has 0 amide bonds. The molecule has 3 heteroatoms. The van der Waals surface area contributed by atoms with Crippen LogP contribution < -0.4 is 5.32 Å². The molecule has 1 unspecified atom stereocenters. The van der Waals surface area contributed by atoms with Gasteiger partial charge in [-0.1, -0.05) is 18.2 Å². The largest absolute Gasteiger partial charge is 0.309 e. The molecule has 1 aromatic carbocycles. The Morgan fingerprint density at radius 2 is 2.00 bits per heavy atom. The van der Waals surface area contributed by atoms with Crippen LogP contribution in [0.1, 0.15) is 28.3 Å². The summed E-state index contributed by atoms with van der Waals surface area (Å²) >= 11 is 3.47. The average molecular weight is 305 g/mol. The summed E-state index contributed by atoms with van der Waals surface area (Å²) in [4.78, 5) is 4.24. The summed E-state index contributed by atoms with van der Waals surface area (Å²) in [5, 5.41) is 3.37. The van der Waals surface area contributed by atoms with Crippen LogP contribution in [-0.4, -0.2) is 12.0 Å². The fourth-order valence-electron chi connectivity index (χ4n) is 2.17. The van der Waals surface area contributed by atoms with Crippen molar-refractivity contribution in [2.24, 2.45) is 0 Å². The lowest BCUT2D eigenvalue weighted by molar-refractivity contribution is 0.683. The van der Waals surface area contributed by atoms with Gasteiger partial charge in [0.2, 0.25) is 0 Å². The van der Waals surface area contributed by atoms with Gasteiger partial charge in [-0.3, -0.25) is 4.98 Å². The number of hydrogen-bond donors (Lipinski definition) is 1. The highest BCUT2D eigenvalue weighted by Crippen LogP contribution is 2.27. The molecule has 0 aliphatic heterocycles. The van der Waals surface area contributed by atoms with Crippen molar-refractivity contribution in [2.45, 2.75) is 19.9 Å². The Hall–Kier alpha value is -1.19. The molecule has 0 saturated carbocycles. The molecule has 2 nitrogen and oxygen atoms in total. The van der Waals surface area contributed by atoms with E-state index in [2.05, 4.69) is 64.3 Å². The van der Waals surface area contributed by atoms with E-state index in [4.69, 9.17) is 0 Å². The van der Waals surface area contributed by atoms with E-state index in [1.54, 1.807) is 6.20 Å². The van der Waals surface area contributed by atoms with E-state index in [9.17, 15) is 0 Å². The van der Waals surface area contributed by atoms with Gasteiger partial charge in [0.1, 0.15) is 0 Å². The first kappa shape index (κ1) is 13.2. The molecule has 0 bridgehead atoms. The van der Waals surface area contributed by atoms with Crippen molar-refractivity contribution in [3.63, 3.8) is 0 Å². The summed E-state index contributed by atoms with van der Waals surface area (Å²) in [6.07, 6.45) is 3.72. The van der Waals surface area contributed by atoms with Gasteiger partial charge in [0.15, 0.2) is 0 Å². The Kier molecular flexibility index (Phi) is 4.15. The number of rotatable bonds is 3. The normalized spacial score (nSPS) is 12.4. The Bertz CT molecular complexity index is 552. The molecule has 2 aromatic rings. The first-order valence-corrected chi connectivity index (χ1v) is 6.76. The lowest BCUT2D eigenvalue weighted by Crippen LogP contribution is -2.19. The molecule has 0 aliphatic rings. The third-order valence-corrected chi connectivity index (χ3v) is 3.74. The van der Waals surface area contributed by atoms with Gasteiger partial charge >= 0.3 is 0 Å². The number of pyridine rings is 1. The molecule has 1 heterocycles. The van der Waals surface area contributed by atoms with Gasteiger partial charge in [-0.15, -0.1) is 0 Å². The van der Waals surface area contributed by atoms with E-state index in [-0.39, 0.29) is 6.04 Å². The quantitative estimate of drug-likeness (QED) is 0.933. The smallest absolute Gasteiger partial charge is 0.0592 e. The van der Waals surface area contributed by atoms with Crippen LogP contribution >= 0.6 is 15.9 Å². The Morgan fingerprint density at radius 1 is 1.22 bits per heavy atom. The highest BCUT2D eigenvalue weighted by Gasteiger charge is 2.15. The molecule has 0 spiro atoms. The topological polar surface area (TPSA) is 24.9 Å². The molecule has 1 atom stereocenters. The third kappa shape index (κ3) is 2.62. The van der Waals surface area contributed by atoms with Gasteiger partial charge in [0, 0.05) is 16.9 Å². The molecule has 0 radical (unpaired) electrons. The van der Waals surface area contributed by atoms with Crippen LogP contribution in [0.15, 0.2) is 41.1 Å². The van der Waals surface area contributed by atoms with Crippen molar-refractivity contribution in [3.8, 4) is 0 Å². The standard InChI is InChI=1S/C15H17BrN2/c1-10-5-4-6-14(11(10)2)15(17-3)12-7-13(16)9-18-8-12/h4-9,15,17H,1-3H3. The summed E-state index contributed by atoms with van der Waals surface area (Å²) in [6, 6.07) is 8.70. The van der Waals surface area contributed by atoms with E-state index in [0.717, 1.165) is 4.47 Å². The van der Waals surface area contributed by atoms with E-state index >= 15 is 0 Å². The molecule has 0 aliphatic carbocycles. The number of halogens is 1. The lowest BCUT2D eigenvalue weighted by Gasteiger charge is -2.20. The average Bonchev–Trinajstić information content (AvgIpc) is 2.35. The molecule has 2 rings (SSSR count). The van der Waals surface area contributed by atoms with Crippen LogP contribution in [0.3, 0.4) is 0 Å². The summed E-state index contributed by atoms with van der Waals surface area (Å²) in [7, 11) is 1.98. The molecular formula is C15H17BrN2. The van der Waals surface area contributed by atoms with E-state index in [1.165, 1.54) is 22.3 Å². The maximum atomic E-state index is 4.24.